The van der Waals surface area contributed by atoms with Crippen LogP contribution in [0.3, 0.4) is 0 Å². The monoisotopic (exact) mass is 724 g/mol. The number of hydrogen-bond donors (Lipinski definition) is 5. The molecule has 2 atom stereocenters. The van der Waals surface area contributed by atoms with Crippen molar-refractivity contribution in [3.05, 3.63) is 59.2 Å². The van der Waals surface area contributed by atoms with Crippen molar-refractivity contribution in [1.82, 2.24) is 15.4 Å². The number of sulfonamides is 1. The SMILES string of the molecule is Cc1cc(OCCCC(=O)NCCCOCCOCCOCCCNC(=O)OCc2ccccc2)cc(C)c1S(=O)(=O)NC(C(=O)O)C(C)N. The maximum atomic E-state index is 12.9. The highest BCUT2D eigenvalue weighted by Crippen LogP contribution is 2.26. The summed E-state index contributed by atoms with van der Waals surface area (Å²) in [6.45, 7) is 8.71. The molecule has 0 bridgehead atoms. The Bertz CT molecular complexity index is 1400. The summed E-state index contributed by atoms with van der Waals surface area (Å²) in [6.07, 6.45) is 1.57. The first-order valence-electron chi connectivity index (χ1n) is 16.6. The Morgan fingerprint density at radius 2 is 1.38 bits per heavy atom. The molecule has 2 unspecified atom stereocenters. The van der Waals surface area contributed by atoms with Gasteiger partial charge in [-0.15, -0.1) is 0 Å². The largest absolute Gasteiger partial charge is 0.494 e. The molecule has 0 saturated heterocycles. The Morgan fingerprint density at radius 1 is 0.820 bits per heavy atom. The van der Waals surface area contributed by atoms with Crippen molar-refractivity contribution in [3.63, 3.8) is 0 Å². The lowest BCUT2D eigenvalue weighted by Crippen LogP contribution is -2.51. The number of carbonyl (C=O) groups excluding carboxylic acids is 2. The van der Waals surface area contributed by atoms with E-state index in [4.69, 9.17) is 29.4 Å². The molecule has 0 spiro atoms. The van der Waals surface area contributed by atoms with E-state index in [2.05, 4.69) is 15.4 Å². The van der Waals surface area contributed by atoms with Crippen LogP contribution in [0.2, 0.25) is 0 Å². The van der Waals surface area contributed by atoms with Crippen molar-refractivity contribution in [3.8, 4) is 5.75 Å². The number of amides is 2. The van der Waals surface area contributed by atoms with Crippen molar-refractivity contribution >= 4 is 28.0 Å². The molecule has 2 rings (SSSR count). The van der Waals surface area contributed by atoms with Gasteiger partial charge in [0.25, 0.3) is 0 Å². The van der Waals surface area contributed by atoms with E-state index < -0.39 is 34.2 Å². The van der Waals surface area contributed by atoms with Crippen LogP contribution in [-0.2, 0) is 45.2 Å². The quantitative estimate of drug-likeness (QED) is 0.0885. The van der Waals surface area contributed by atoms with E-state index in [0.29, 0.717) is 88.9 Å². The van der Waals surface area contributed by atoms with Crippen LogP contribution in [0.4, 0.5) is 4.79 Å². The predicted octanol–water partition coefficient (Wildman–Crippen LogP) is 2.41. The van der Waals surface area contributed by atoms with Crippen molar-refractivity contribution in [1.29, 1.82) is 0 Å². The summed E-state index contributed by atoms with van der Waals surface area (Å²) in [5.74, 6) is -1.04. The fourth-order valence-corrected chi connectivity index (χ4v) is 6.35. The van der Waals surface area contributed by atoms with E-state index in [0.717, 1.165) is 5.56 Å². The van der Waals surface area contributed by atoms with Crippen molar-refractivity contribution in [2.75, 3.05) is 59.3 Å². The molecule has 0 aliphatic heterocycles. The lowest BCUT2D eigenvalue weighted by molar-refractivity contribution is -0.139. The fraction of sp³-hybridized carbons (Fsp3) is 0.559. The Labute approximate surface area is 294 Å². The van der Waals surface area contributed by atoms with Gasteiger partial charge in [0, 0.05) is 38.8 Å². The summed E-state index contributed by atoms with van der Waals surface area (Å²) in [7, 11) is -4.15. The highest BCUT2D eigenvalue weighted by molar-refractivity contribution is 7.89. The number of alkyl carbamates (subject to hydrolysis) is 1. The van der Waals surface area contributed by atoms with Gasteiger partial charge in [0.2, 0.25) is 15.9 Å². The number of carboxylic acid groups (broad SMARTS) is 1. The summed E-state index contributed by atoms with van der Waals surface area (Å²) in [5.41, 5.74) is 7.34. The first kappa shape index (κ1) is 42.4. The van der Waals surface area contributed by atoms with E-state index in [1.165, 1.54) is 6.92 Å². The smallest absolute Gasteiger partial charge is 0.407 e. The summed E-state index contributed by atoms with van der Waals surface area (Å²) in [6, 6.07) is 10.2. The second kappa shape index (κ2) is 23.6. The third-order valence-corrected chi connectivity index (χ3v) is 8.82. The lowest BCUT2D eigenvalue weighted by Gasteiger charge is -2.20. The average molecular weight is 725 g/mol. The normalized spacial score (nSPS) is 12.6. The zero-order chi connectivity index (χ0) is 36.8. The van der Waals surface area contributed by atoms with Crippen LogP contribution < -0.4 is 25.8 Å². The molecule has 0 aliphatic rings. The van der Waals surface area contributed by atoms with Crippen LogP contribution in [0, 0.1) is 13.8 Å². The molecule has 0 fully saturated rings. The first-order valence-corrected chi connectivity index (χ1v) is 18.1. The van der Waals surface area contributed by atoms with Gasteiger partial charge >= 0.3 is 12.1 Å². The molecule has 0 saturated carbocycles. The Kier molecular flexibility index (Phi) is 20.0. The molecule has 2 amide bonds. The topological polar surface area (TPSA) is 214 Å². The molecule has 0 heterocycles. The van der Waals surface area contributed by atoms with E-state index >= 15 is 0 Å². The van der Waals surface area contributed by atoms with Gasteiger partial charge in [-0.05, 0) is 68.9 Å². The molecule has 0 aliphatic carbocycles. The molecular weight excluding hydrogens is 672 g/mol. The number of ether oxygens (including phenoxy) is 5. The number of benzene rings is 2. The number of nitrogens with one attached hydrogen (secondary N) is 3. The molecule has 6 N–H and O–H groups in total. The van der Waals surface area contributed by atoms with Gasteiger partial charge in [-0.3, -0.25) is 9.59 Å². The van der Waals surface area contributed by atoms with Crippen LogP contribution in [0.25, 0.3) is 0 Å². The number of carboxylic acids is 1. The number of rotatable bonds is 26. The summed E-state index contributed by atoms with van der Waals surface area (Å²) in [4.78, 5) is 35.2. The van der Waals surface area contributed by atoms with Gasteiger partial charge in [0.15, 0.2) is 0 Å². The predicted molar refractivity (Wildman–Crippen MR) is 185 cm³/mol. The van der Waals surface area contributed by atoms with Crippen LogP contribution >= 0.6 is 0 Å². The van der Waals surface area contributed by atoms with E-state index in [1.807, 2.05) is 30.3 Å². The molecule has 2 aromatic carbocycles. The van der Waals surface area contributed by atoms with Crippen molar-refractivity contribution in [2.45, 2.75) is 70.0 Å². The van der Waals surface area contributed by atoms with Gasteiger partial charge < -0.3 is 45.2 Å². The third-order valence-electron chi connectivity index (χ3n) is 7.07. The first-order chi connectivity index (χ1) is 23.9. The molecular formula is C34H52N4O11S. The maximum Gasteiger partial charge on any atom is 0.407 e. The summed E-state index contributed by atoms with van der Waals surface area (Å²) >= 11 is 0. The number of aliphatic carboxylic acids is 1. The van der Waals surface area contributed by atoms with Crippen molar-refractivity contribution < 1.29 is 51.6 Å². The fourth-order valence-electron chi connectivity index (χ4n) is 4.62. The van der Waals surface area contributed by atoms with Crippen LogP contribution in [0.15, 0.2) is 47.4 Å². The van der Waals surface area contributed by atoms with E-state index in [1.54, 1.807) is 26.0 Å². The van der Waals surface area contributed by atoms with Crippen molar-refractivity contribution in [2.24, 2.45) is 5.73 Å². The second-order valence-corrected chi connectivity index (χ2v) is 13.2. The molecule has 0 radical (unpaired) electrons. The molecule has 0 aromatic heterocycles. The molecule has 16 heteroatoms. The minimum absolute atomic E-state index is 0.0316. The number of hydrogen-bond acceptors (Lipinski definition) is 11. The second-order valence-electron chi connectivity index (χ2n) is 11.5. The minimum atomic E-state index is -4.15. The highest BCUT2D eigenvalue weighted by Gasteiger charge is 2.30. The molecule has 2 aromatic rings. The maximum absolute atomic E-state index is 12.9. The molecule has 50 heavy (non-hydrogen) atoms. The van der Waals surface area contributed by atoms with Gasteiger partial charge in [-0.25, -0.2) is 13.2 Å². The van der Waals surface area contributed by atoms with Gasteiger partial charge in [0.05, 0.1) is 37.9 Å². The van der Waals surface area contributed by atoms with Crippen LogP contribution in [0.5, 0.6) is 5.75 Å². The zero-order valence-corrected chi connectivity index (χ0v) is 29.9. The number of nitrogens with two attached hydrogens (primary N) is 1. The van der Waals surface area contributed by atoms with Gasteiger partial charge in [-0.2, -0.15) is 4.72 Å². The number of aryl methyl sites for hydroxylation is 2. The highest BCUT2D eigenvalue weighted by atomic mass is 32.2. The van der Waals surface area contributed by atoms with Crippen LogP contribution in [-0.4, -0.2) is 103 Å². The Morgan fingerprint density at radius 3 is 1.94 bits per heavy atom. The van der Waals surface area contributed by atoms with E-state index in [-0.39, 0.29) is 30.4 Å². The minimum Gasteiger partial charge on any atom is -0.494 e. The van der Waals surface area contributed by atoms with E-state index in [9.17, 15) is 27.9 Å². The average Bonchev–Trinajstić information content (AvgIpc) is 3.06. The third kappa shape index (κ3) is 17.2. The van der Waals surface area contributed by atoms with Gasteiger partial charge in [-0.1, -0.05) is 30.3 Å². The number of carbonyl (C=O) groups is 3. The van der Waals surface area contributed by atoms with Crippen LogP contribution in [0.1, 0.15) is 49.3 Å². The lowest BCUT2D eigenvalue weighted by atomic mass is 10.1. The summed E-state index contributed by atoms with van der Waals surface area (Å²) in [5, 5.41) is 14.8. The molecule has 15 nitrogen and oxygen atoms in total. The molecule has 280 valence electrons. The zero-order valence-electron chi connectivity index (χ0n) is 29.1. The Balaban J connectivity index is 1.44. The Hall–Kier alpha value is -3.80. The van der Waals surface area contributed by atoms with Gasteiger partial charge in [0.1, 0.15) is 18.4 Å². The summed E-state index contributed by atoms with van der Waals surface area (Å²) < 4.78 is 55.3. The standard InChI is InChI=1S/C34H52N4O11S/c1-25-22-29(23-26(2)32(25)50(43,44)38-31(27(3)35)33(40)41)48-17-7-12-30(39)36-13-8-15-45-18-20-47-21-19-46-16-9-14-37-34(42)49-24-28-10-5-4-6-11-28/h4-6,10-11,22-23,27,31,38H,7-9,12-21,24,35H2,1-3H3,(H,36,39)(H,37,42)(H,40,41).